The molecule has 3 amide bonds. The van der Waals surface area contributed by atoms with E-state index >= 15 is 0 Å². The fourth-order valence-electron chi connectivity index (χ4n) is 4.26. The smallest absolute Gasteiger partial charge is 0.325 e. The molecule has 0 spiro atoms. The highest BCUT2D eigenvalue weighted by Crippen LogP contribution is 2.29. The van der Waals surface area contributed by atoms with E-state index in [0.717, 1.165) is 29.1 Å². The van der Waals surface area contributed by atoms with E-state index in [0.29, 0.717) is 12.1 Å². The summed E-state index contributed by atoms with van der Waals surface area (Å²) in [5.41, 5.74) is 0.632. The summed E-state index contributed by atoms with van der Waals surface area (Å²) in [5.74, 6) is 0.00995. The van der Waals surface area contributed by atoms with E-state index in [4.69, 9.17) is 0 Å². The average Bonchev–Trinajstić information content (AvgIpc) is 2.89. The Bertz CT molecular complexity index is 884. The highest BCUT2D eigenvalue weighted by Gasteiger charge is 2.08. The molecule has 2 aromatic carbocycles. The maximum Gasteiger partial charge on any atom is 0.325 e. The first-order valence-corrected chi connectivity index (χ1v) is 15.1. The number of amides is 3. The number of phenols is 1. The number of imide groups is 1. The predicted molar refractivity (Wildman–Crippen MR) is 155 cm³/mol. The van der Waals surface area contributed by atoms with Gasteiger partial charge in [-0.15, -0.1) is 0 Å². The summed E-state index contributed by atoms with van der Waals surface area (Å²) < 4.78 is 0. The largest absolute Gasteiger partial charge is 0.508 e. The molecule has 0 aliphatic carbocycles. The molecule has 0 fully saturated rings. The van der Waals surface area contributed by atoms with Crippen LogP contribution in [0, 0.1) is 0 Å². The van der Waals surface area contributed by atoms with Crippen molar-refractivity contribution in [1.29, 1.82) is 0 Å². The van der Waals surface area contributed by atoms with Crippen LogP contribution in [0.25, 0.3) is 0 Å². The van der Waals surface area contributed by atoms with Crippen LogP contribution in [-0.2, 0) is 4.79 Å². The lowest BCUT2D eigenvalue weighted by atomic mass is 10.0. The third-order valence-corrected chi connectivity index (χ3v) is 7.46. The molecule has 0 unspecified atom stereocenters. The molecular weight excluding hydrogens is 480 g/mol. The molecule has 0 saturated carbocycles. The number of urea groups is 1. The number of anilines is 1. The summed E-state index contributed by atoms with van der Waals surface area (Å²) in [6.07, 6.45) is 19.7. The van der Waals surface area contributed by atoms with Gasteiger partial charge in [0.05, 0.1) is 0 Å². The third-order valence-electron chi connectivity index (χ3n) is 6.44. The summed E-state index contributed by atoms with van der Waals surface area (Å²) in [6.45, 7) is 2.27. The van der Waals surface area contributed by atoms with Crippen LogP contribution in [0.5, 0.6) is 5.75 Å². The molecule has 6 heteroatoms. The SMILES string of the molecule is CCCCCCCCCCCCCCCCCC(=O)NC(=O)Nc1ccc(Sc2ccc(O)cc2)cc1. The zero-order valence-corrected chi connectivity index (χ0v) is 23.4. The summed E-state index contributed by atoms with van der Waals surface area (Å²) in [4.78, 5) is 26.2. The number of phenolic OH excluding ortho intramolecular Hbond substituents is 1. The van der Waals surface area contributed by atoms with Crippen LogP contribution in [0.4, 0.5) is 10.5 Å². The molecule has 2 rings (SSSR count). The minimum absolute atomic E-state index is 0.230. The number of hydrogen-bond donors (Lipinski definition) is 3. The normalized spacial score (nSPS) is 10.8. The first-order chi connectivity index (χ1) is 18.1. The summed E-state index contributed by atoms with van der Waals surface area (Å²) in [5, 5.41) is 14.5. The number of unbranched alkanes of at least 4 members (excludes halogenated alkanes) is 14. The number of nitrogens with one attached hydrogen (secondary N) is 2. The lowest BCUT2D eigenvalue weighted by Gasteiger charge is -2.08. The van der Waals surface area contributed by atoms with Gasteiger partial charge in [-0.2, -0.15) is 0 Å². The zero-order valence-electron chi connectivity index (χ0n) is 22.6. The van der Waals surface area contributed by atoms with Crippen molar-refractivity contribution in [3.05, 3.63) is 48.5 Å². The highest BCUT2D eigenvalue weighted by molar-refractivity contribution is 7.99. The van der Waals surface area contributed by atoms with E-state index in [9.17, 15) is 14.7 Å². The van der Waals surface area contributed by atoms with Crippen LogP contribution in [0.15, 0.2) is 58.3 Å². The Kier molecular flexibility index (Phi) is 16.3. The Morgan fingerprint density at radius 2 is 1.08 bits per heavy atom. The van der Waals surface area contributed by atoms with Gasteiger partial charge in [0.15, 0.2) is 0 Å². The first kappa shape index (κ1) is 30.8. The van der Waals surface area contributed by atoms with E-state index in [-0.39, 0.29) is 11.7 Å². The maximum atomic E-state index is 12.1. The fraction of sp³-hybridized carbons (Fsp3) is 0.548. The van der Waals surface area contributed by atoms with E-state index in [1.807, 2.05) is 24.3 Å². The molecular formula is C31H46N2O3S. The second-order valence-corrected chi connectivity index (χ2v) is 11.0. The van der Waals surface area contributed by atoms with Crippen molar-refractivity contribution < 1.29 is 14.7 Å². The lowest BCUT2D eigenvalue weighted by molar-refractivity contribution is -0.120. The monoisotopic (exact) mass is 526 g/mol. The van der Waals surface area contributed by atoms with Crippen LogP contribution in [0.1, 0.15) is 110 Å². The third kappa shape index (κ3) is 15.4. The molecule has 5 nitrogen and oxygen atoms in total. The number of hydrogen-bond acceptors (Lipinski definition) is 4. The van der Waals surface area contributed by atoms with Gasteiger partial charge in [0.2, 0.25) is 5.91 Å². The Labute approximate surface area is 228 Å². The molecule has 37 heavy (non-hydrogen) atoms. The van der Waals surface area contributed by atoms with Gasteiger partial charge in [0, 0.05) is 21.9 Å². The molecule has 2 aromatic rings. The van der Waals surface area contributed by atoms with Crippen molar-refractivity contribution in [2.45, 2.75) is 119 Å². The molecule has 0 aliphatic heterocycles. The number of benzene rings is 2. The molecule has 0 aliphatic rings. The lowest BCUT2D eigenvalue weighted by Crippen LogP contribution is -2.34. The molecule has 3 N–H and O–H groups in total. The van der Waals surface area contributed by atoms with Crippen molar-refractivity contribution >= 4 is 29.4 Å². The molecule has 0 atom stereocenters. The number of carbonyl (C=O) groups is 2. The van der Waals surface area contributed by atoms with Crippen molar-refractivity contribution in [1.82, 2.24) is 5.32 Å². The van der Waals surface area contributed by atoms with Gasteiger partial charge in [0.1, 0.15) is 5.75 Å². The fourth-order valence-corrected chi connectivity index (χ4v) is 5.08. The van der Waals surface area contributed by atoms with E-state index in [2.05, 4.69) is 17.6 Å². The quantitative estimate of drug-likeness (QED) is 0.159. The Balaban J connectivity index is 1.44. The van der Waals surface area contributed by atoms with Crippen molar-refractivity contribution in [3.63, 3.8) is 0 Å². The van der Waals surface area contributed by atoms with Crippen LogP contribution in [-0.4, -0.2) is 17.0 Å². The highest BCUT2D eigenvalue weighted by atomic mass is 32.2. The van der Waals surface area contributed by atoms with Gasteiger partial charge < -0.3 is 10.4 Å². The van der Waals surface area contributed by atoms with Gasteiger partial charge in [0.25, 0.3) is 0 Å². The number of aromatic hydroxyl groups is 1. The molecule has 0 bridgehead atoms. The van der Waals surface area contributed by atoms with E-state index < -0.39 is 6.03 Å². The summed E-state index contributed by atoms with van der Waals surface area (Å²) in [7, 11) is 0. The number of rotatable bonds is 19. The van der Waals surface area contributed by atoms with Gasteiger partial charge in [-0.05, 0) is 55.0 Å². The average molecular weight is 527 g/mol. The van der Waals surface area contributed by atoms with Crippen LogP contribution in [0.2, 0.25) is 0 Å². The van der Waals surface area contributed by atoms with Crippen LogP contribution in [0.3, 0.4) is 0 Å². The van der Waals surface area contributed by atoms with Gasteiger partial charge in [-0.3, -0.25) is 10.1 Å². The van der Waals surface area contributed by atoms with Crippen LogP contribution < -0.4 is 10.6 Å². The Hall–Kier alpha value is -2.47. The zero-order chi connectivity index (χ0) is 26.6. The standard InChI is InChI=1S/C31H46N2O3S/c1-2-3-4-5-6-7-8-9-10-11-12-13-14-15-16-17-30(35)33-31(36)32-26-18-22-28(23-19-26)37-29-24-20-27(34)21-25-29/h18-25,34H,2-17H2,1H3,(H2,32,33,35,36). The van der Waals surface area contributed by atoms with Crippen molar-refractivity contribution in [2.75, 3.05) is 5.32 Å². The second-order valence-electron chi connectivity index (χ2n) is 9.82. The Morgan fingerprint density at radius 1 is 0.649 bits per heavy atom. The maximum absolute atomic E-state index is 12.1. The first-order valence-electron chi connectivity index (χ1n) is 14.2. The Morgan fingerprint density at radius 3 is 1.57 bits per heavy atom. The summed E-state index contributed by atoms with van der Waals surface area (Å²) in [6, 6.07) is 13.9. The van der Waals surface area contributed by atoms with Crippen molar-refractivity contribution in [3.8, 4) is 5.75 Å². The van der Waals surface area contributed by atoms with E-state index in [1.165, 1.54) is 77.0 Å². The number of carbonyl (C=O) groups excluding carboxylic acids is 2. The van der Waals surface area contributed by atoms with E-state index in [1.54, 1.807) is 36.0 Å². The molecule has 0 saturated heterocycles. The minimum Gasteiger partial charge on any atom is -0.508 e. The minimum atomic E-state index is -0.495. The van der Waals surface area contributed by atoms with Crippen molar-refractivity contribution in [2.24, 2.45) is 0 Å². The topological polar surface area (TPSA) is 78.4 Å². The summed E-state index contributed by atoms with van der Waals surface area (Å²) >= 11 is 1.56. The van der Waals surface area contributed by atoms with Crippen LogP contribution >= 0.6 is 11.8 Å². The molecule has 0 radical (unpaired) electrons. The van der Waals surface area contributed by atoms with Gasteiger partial charge >= 0.3 is 6.03 Å². The van der Waals surface area contributed by atoms with Gasteiger partial charge in [-0.25, -0.2) is 4.79 Å². The molecule has 0 aromatic heterocycles. The second kappa shape index (κ2) is 19.6. The predicted octanol–water partition coefficient (Wildman–Crippen LogP) is 9.45. The van der Waals surface area contributed by atoms with Gasteiger partial charge in [-0.1, -0.05) is 109 Å². The molecule has 0 heterocycles. The molecule has 204 valence electrons.